The number of ether oxygens (including phenoxy) is 1. The van der Waals surface area contributed by atoms with Crippen LogP contribution >= 0.6 is 0 Å². The first kappa shape index (κ1) is 13.6. The third-order valence-electron chi connectivity index (χ3n) is 2.16. The SMILES string of the molecule is COCCNCC(=O)Nc1cc(C)ccc1F. The highest BCUT2D eigenvalue weighted by molar-refractivity contribution is 5.92. The number of nitrogens with one attached hydrogen (secondary N) is 2. The van der Waals surface area contributed by atoms with Crippen LogP contribution in [0.15, 0.2) is 18.2 Å². The van der Waals surface area contributed by atoms with Gasteiger partial charge >= 0.3 is 0 Å². The van der Waals surface area contributed by atoms with E-state index < -0.39 is 5.82 Å². The Bertz CT molecular complexity index is 383. The van der Waals surface area contributed by atoms with Gasteiger partial charge in [0.25, 0.3) is 0 Å². The Morgan fingerprint density at radius 1 is 1.47 bits per heavy atom. The molecule has 0 aliphatic rings. The Labute approximate surface area is 100 Å². The molecule has 4 nitrogen and oxygen atoms in total. The molecular formula is C12H17FN2O2. The van der Waals surface area contributed by atoms with Crippen LogP contribution in [0.1, 0.15) is 5.56 Å². The fourth-order valence-electron chi connectivity index (χ4n) is 1.31. The van der Waals surface area contributed by atoms with Gasteiger partial charge in [-0.25, -0.2) is 4.39 Å². The maximum absolute atomic E-state index is 13.3. The molecule has 0 fully saturated rings. The lowest BCUT2D eigenvalue weighted by Crippen LogP contribution is -2.30. The number of carbonyl (C=O) groups excluding carboxylic acids is 1. The second-order valence-corrected chi connectivity index (χ2v) is 3.70. The van der Waals surface area contributed by atoms with Gasteiger partial charge in [-0.2, -0.15) is 0 Å². The van der Waals surface area contributed by atoms with Crippen LogP contribution in [-0.4, -0.2) is 32.7 Å². The van der Waals surface area contributed by atoms with Gasteiger partial charge in [-0.05, 0) is 24.6 Å². The van der Waals surface area contributed by atoms with Gasteiger partial charge in [0, 0.05) is 13.7 Å². The summed E-state index contributed by atoms with van der Waals surface area (Å²) >= 11 is 0. The number of aryl methyl sites for hydroxylation is 1. The van der Waals surface area contributed by atoms with Crippen molar-refractivity contribution in [3.05, 3.63) is 29.6 Å². The number of methoxy groups -OCH3 is 1. The molecule has 1 aromatic rings. The Balaban J connectivity index is 2.42. The Morgan fingerprint density at radius 2 is 2.24 bits per heavy atom. The molecular weight excluding hydrogens is 223 g/mol. The number of hydrogen-bond acceptors (Lipinski definition) is 3. The smallest absolute Gasteiger partial charge is 0.238 e. The van der Waals surface area contributed by atoms with E-state index in [4.69, 9.17) is 4.74 Å². The van der Waals surface area contributed by atoms with Gasteiger partial charge < -0.3 is 15.4 Å². The zero-order valence-electron chi connectivity index (χ0n) is 10.0. The van der Waals surface area contributed by atoms with Gasteiger partial charge in [0.1, 0.15) is 5.82 Å². The number of carbonyl (C=O) groups is 1. The van der Waals surface area contributed by atoms with Crippen LogP contribution in [0.2, 0.25) is 0 Å². The van der Waals surface area contributed by atoms with E-state index in [-0.39, 0.29) is 18.1 Å². The molecule has 0 aliphatic heterocycles. The Morgan fingerprint density at radius 3 is 2.94 bits per heavy atom. The van der Waals surface area contributed by atoms with Crippen molar-refractivity contribution < 1.29 is 13.9 Å². The first-order valence-corrected chi connectivity index (χ1v) is 5.39. The molecule has 17 heavy (non-hydrogen) atoms. The maximum Gasteiger partial charge on any atom is 0.238 e. The fourth-order valence-corrected chi connectivity index (χ4v) is 1.31. The van der Waals surface area contributed by atoms with E-state index >= 15 is 0 Å². The highest BCUT2D eigenvalue weighted by Gasteiger charge is 2.06. The number of halogens is 1. The van der Waals surface area contributed by atoms with Crippen molar-refractivity contribution in [3.63, 3.8) is 0 Å². The van der Waals surface area contributed by atoms with Gasteiger partial charge in [-0.3, -0.25) is 4.79 Å². The standard InChI is InChI=1S/C12H17FN2O2/c1-9-3-4-10(13)11(7-9)15-12(16)8-14-5-6-17-2/h3-4,7,14H,5-6,8H2,1-2H3,(H,15,16). The predicted octanol–water partition coefficient (Wildman–Crippen LogP) is 1.31. The Hall–Kier alpha value is -1.46. The van der Waals surface area contributed by atoms with E-state index in [0.717, 1.165) is 5.56 Å². The number of anilines is 1. The summed E-state index contributed by atoms with van der Waals surface area (Å²) in [6, 6.07) is 4.59. The van der Waals surface area contributed by atoms with Crippen LogP contribution in [0.25, 0.3) is 0 Å². The fraction of sp³-hybridized carbons (Fsp3) is 0.417. The summed E-state index contributed by atoms with van der Waals surface area (Å²) in [5.41, 5.74) is 1.11. The molecule has 0 saturated carbocycles. The summed E-state index contributed by atoms with van der Waals surface area (Å²) in [5.74, 6) is -0.702. The molecule has 0 heterocycles. The quantitative estimate of drug-likeness (QED) is 0.737. The lowest BCUT2D eigenvalue weighted by molar-refractivity contribution is -0.115. The van der Waals surface area contributed by atoms with E-state index in [9.17, 15) is 9.18 Å². The number of benzene rings is 1. The molecule has 1 aromatic carbocycles. The molecule has 0 unspecified atom stereocenters. The monoisotopic (exact) mass is 240 g/mol. The first-order chi connectivity index (χ1) is 8.13. The van der Waals surface area contributed by atoms with E-state index in [0.29, 0.717) is 13.2 Å². The first-order valence-electron chi connectivity index (χ1n) is 5.39. The summed E-state index contributed by atoms with van der Waals surface area (Å²) < 4.78 is 18.1. The highest BCUT2D eigenvalue weighted by atomic mass is 19.1. The van der Waals surface area contributed by atoms with Gasteiger partial charge in [-0.1, -0.05) is 6.07 Å². The highest BCUT2D eigenvalue weighted by Crippen LogP contribution is 2.15. The largest absolute Gasteiger partial charge is 0.383 e. The van der Waals surface area contributed by atoms with Crippen LogP contribution in [0, 0.1) is 12.7 Å². The predicted molar refractivity (Wildman–Crippen MR) is 64.5 cm³/mol. The van der Waals surface area contributed by atoms with Gasteiger partial charge in [0.05, 0.1) is 18.8 Å². The molecule has 5 heteroatoms. The zero-order valence-corrected chi connectivity index (χ0v) is 10.0. The molecule has 94 valence electrons. The van der Waals surface area contributed by atoms with Crippen molar-refractivity contribution in [1.82, 2.24) is 5.32 Å². The summed E-state index contributed by atoms with van der Waals surface area (Å²) in [5, 5.41) is 5.39. The Kier molecular flexibility index (Phi) is 5.59. The van der Waals surface area contributed by atoms with E-state index in [1.807, 2.05) is 6.92 Å². The minimum atomic E-state index is -0.430. The average molecular weight is 240 g/mol. The van der Waals surface area contributed by atoms with Crippen molar-refractivity contribution >= 4 is 11.6 Å². The van der Waals surface area contributed by atoms with Crippen molar-refractivity contribution in [2.45, 2.75) is 6.92 Å². The number of hydrogen-bond donors (Lipinski definition) is 2. The topological polar surface area (TPSA) is 50.4 Å². The zero-order chi connectivity index (χ0) is 12.7. The molecule has 0 saturated heterocycles. The molecule has 0 aromatic heterocycles. The minimum absolute atomic E-state index is 0.136. The van der Waals surface area contributed by atoms with Crippen LogP contribution < -0.4 is 10.6 Å². The summed E-state index contributed by atoms with van der Waals surface area (Å²) in [4.78, 5) is 11.5. The molecule has 2 N–H and O–H groups in total. The molecule has 1 amide bonds. The van der Waals surface area contributed by atoms with Gasteiger partial charge in [-0.15, -0.1) is 0 Å². The van der Waals surface area contributed by atoms with Crippen LogP contribution in [0.3, 0.4) is 0 Å². The number of amides is 1. The average Bonchev–Trinajstić information content (AvgIpc) is 2.29. The normalized spacial score (nSPS) is 10.3. The van der Waals surface area contributed by atoms with E-state index in [1.54, 1.807) is 19.2 Å². The van der Waals surface area contributed by atoms with Crippen LogP contribution in [0.4, 0.5) is 10.1 Å². The summed E-state index contributed by atoms with van der Waals surface area (Å²) in [7, 11) is 1.59. The van der Waals surface area contributed by atoms with Crippen LogP contribution in [0.5, 0.6) is 0 Å². The van der Waals surface area contributed by atoms with Crippen molar-refractivity contribution in [2.24, 2.45) is 0 Å². The summed E-state index contributed by atoms with van der Waals surface area (Å²) in [6.45, 7) is 3.09. The molecule has 0 aliphatic carbocycles. The second-order valence-electron chi connectivity index (χ2n) is 3.70. The van der Waals surface area contributed by atoms with Crippen molar-refractivity contribution in [2.75, 3.05) is 32.1 Å². The van der Waals surface area contributed by atoms with E-state index in [2.05, 4.69) is 10.6 Å². The second kappa shape index (κ2) is 6.98. The van der Waals surface area contributed by atoms with Crippen molar-refractivity contribution in [3.8, 4) is 0 Å². The molecule has 0 bridgehead atoms. The van der Waals surface area contributed by atoms with Gasteiger partial charge in [0.2, 0.25) is 5.91 Å². The van der Waals surface area contributed by atoms with E-state index in [1.165, 1.54) is 6.07 Å². The molecule has 1 rings (SSSR count). The lowest BCUT2D eigenvalue weighted by atomic mass is 10.2. The molecule has 0 radical (unpaired) electrons. The third kappa shape index (κ3) is 4.93. The third-order valence-corrected chi connectivity index (χ3v) is 2.16. The van der Waals surface area contributed by atoms with Crippen molar-refractivity contribution in [1.29, 1.82) is 0 Å². The lowest BCUT2D eigenvalue weighted by Gasteiger charge is -2.08. The maximum atomic E-state index is 13.3. The molecule has 0 atom stereocenters. The van der Waals surface area contributed by atoms with Gasteiger partial charge in [0.15, 0.2) is 0 Å². The summed E-state index contributed by atoms with van der Waals surface area (Å²) in [6.07, 6.45) is 0. The number of rotatable bonds is 6. The molecule has 0 spiro atoms. The minimum Gasteiger partial charge on any atom is -0.383 e. The van der Waals surface area contributed by atoms with Crippen LogP contribution in [-0.2, 0) is 9.53 Å².